The van der Waals surface area contributed by atoms with Gasteiger partial charge in [-0.05, 0) is 17.2 Å². The Balaban J connectivity index is 2.66. The van der Waals surface area contributed by atoms with Crippen molar-refractivity contribution in [3.8, 4) is 0 Å². The van der Waals surface area contributed by atoms with E-state index in [0.29, 0.717) is 11.1 Å². The number of ether oxygens (including phenoxy) is 1. The number of fused-ring (bicyclic) bond motifs is 1. The van der Waals surface area contributed by atoms with Crippen LogP contribution in [0.2, 0.25) is 0 Å². The van der Waals surface area contributed by atoms with E-state index in [9.17, 15) is 15.0 Å². The van der Waals surface area contributed by atoms with Gasteiger partial charge in [0.25, 0.3) is 0 Å². The molecule has 0 spiro atoms. The van der Waals surface area contributed by atoms with Crippen molar-refractivity contribution in [1.82, 2.24) is 0 Å². The van der Waals surface area contributed by atoms with E-state index in [4.69, 9.17) is 10.5 Å². The van der Waals surface area contributed by atoms with Crippen LogP contribution < -0.4 is 5.73 Å². The molecule has 2 rings (SSSR count). The second-order valence-electron chi connectivity index (χ2n) is 3.95. The van der Waals surface area contributed by atoms with Gasteiger partial charge in [0.2, 0.25) is 5.54 Å². The topological polar surface area (TPSA) is 92.8 Å². The number of hydrogen-bond donors (Lipinski definition) is 3. The average Bonchev–Trinajstić information content (AvgIpc) is 2.30. The molecule has 0 saturated heterocycles. The molecule has 0 bridgehead atoms. The van der Waals surface area contributed by atoms with Gasteiger partial charge >= 0.3 is 5.97 Å². The Morgan fingerprint density at radius 2 is 2.12 bits per heavy atom. The zero-order valence-corrected chi connectivity index (χ0v) is 9.25. The maximum atomic E-state index is 11.3. The van der Waals surface area contributed by atoms with Crippen LogP contribution in [-0.4, -0.2) is 28.8 Å². The molecule has 0 saturated carbocycles. The molecule has 4 N–H and O–H groups in total. The Hall–Kier alpha value is -1.85. The number of carboxylic acid groups (broad SMARTS) is 1. The molecular weight excluding hydrogens is 222 g/mol. The molecule has 2 unspecified atom stereocenters. The summed E-state index contributed by atoms with van der Waals surface area (Å²) in [6.07, 6.45) is 0.445. The number of benzene rings is 1. The van der Waals surface area contributed by atoms with Gasteiger partial charge in [-0.2, -0.15) is 0 Å². The van der Waals surface area contributed by atoms with Crippen LogP contribution in [0.5, 0.6) is 0 Å². The first-order valence-electron chi connectivity index (χ1n) is 5.07. The fourth-order valence-electron chi connectivity index (χ4n) is 2.06. The Kier molecular flexibility index (Phi) is 2.65. The minimum absolute atomic E-state index is 0.407. The van der Waals surface area contributed by atoms with Crippen LogP contribution in [0.25, 0.3) is 6.08 Å². The number of aliphatic hydroxyl groups excluding tert-OH is 1. The standard InChI is InChI=1S/C12H13NO4/c1-17-10-8-5-3-2-4-7(8)6-9(14)12(10,13)11(15)16/h2-6,10,14H,13H2,1H3,(H,15,16). The number of nitrogens with two attached hydrogens (primary N) is 1. The first-order valence-corrected chi connectivity index (χ1v) is 5.07. The van der Waals surface area contributed by atoms with Gasteiger partial charge in [0.05, 0.1) is 0 Å². The zero-order valence-electron chi connectivity index (χ0n) is 9.25. The van der Waals surface area contributed by atoms with Crippen LogP contribution in [-0.2, 0) is 9.53 Å². The quantitative estimate of drug-likeness (QED) is 0.713. The highest BCUT2D eigenvalue weighted by atomic mass is 16.5. The normalized spacial score (nSPS) is 27.2. The molecule has 2 atom stereocenters. The number of aliphatic hydroxyl groups is 1. The van der Waals surface area contributed by atoms with E-state index >= 15 is 0 Å². The number of carbonyl (C=O) groups is 1. The molecule has 0 radical (unpaired) electrons. The van der Waals surface area contributed by atoms with Gasteiger partial charge < -0.3 is 20.7 Å². The molecule has 1 aromatic rings. The first-order chi connectivity index (χ1) is 8.01. The summed E-state index contributed by atoms with van der Waals surface area (Å²) in [5.74, 6) is -1.73. The summed E-state index contributed by atoms with van der Waals surface area (Å²) in [6.45, 7) is 0. The van der Waals surface area contributed by atoms with Gasteiger partial charge in [0, 0.05) is 7.11 Å². The second kappa shape index (κ2) is 3.87. The maximum Gasteiger partial charge on any atom is 0.334 e. The third-order valence-electron chi connectivity index (χ3n) is 3.00. The van der Waals surface area contributed by atoms with Crippen LogP contribution >= 0.6 is 0 Å². The first kappa shape index (κ1) is 11.6. The smallest absolute Gasteiger partial charge is 0.334 e. The van der Waals surface area contributed by atoms with Crippen molar-refractivity contribution in [2.45, 2.75) is 11.6 Å². The third-order valence-corrected chi connectivity index (χ3v) is 3.00. The molecule has 0 heterocycles. The van der Waals surface area contributed by atoms with E-state index < -0.39 is 23.4 Å². The third kappa shape index (κ3) is 1.51. The van der Waals surface area contributed by atoms with Crippen LogP contribution in [0.4, 0.5) is 0 Å². The highest BCUT2D eigenvalue weighted by Gasteiger charge is 2.50. The molecule has 1 aliphatic carbocycles. The summed E-state index contributed by atoms with van der Waals surface area (Å²) in [5.41, 5.74) is 5.19. The molecule has 0 fully saturated rings. The van der Waals surface area contributed by atoms with Gasteiger partial charge in [-0.1, -0.05) is 24.3 Å². The number of carboxylic acids is 1. The fraction of sp³-hybridized carbons (Fsp3) is 0.250. The van der Waals surface area contributed by atoms with Crippen molar-refractivity contribution in [3.63, 3.8) is 0 Å². The lowest BCUT2D eigenvalue weighted by atomic mass is 9.79. The van der Waals surface area contributed by atoms with Crippen molar-refractivity contribution >= 4 is 12.0 Å². The summed E-state index contributed by atoms with van der Waals surface area (Å²) in [7, 11) is 1.37. The minimum atomic E-state index is -1.94. The molecule has 1 aromatic carbocycles. The number of aliphatic carboxylic acids is 1. The highest BCUT2D eigenvalue weighted by Crippen LogP contribution is 2.39. The predicted octanol–water partition coefficient (Wildman–Crippen LogP) is 1.07. The SMILES string of the molecule is COC1c2ccccc2C=C(O)C1(N)C(=O)O. The maximum absolute atomic E-state index is 11.3. The van der Waals surface area contributed by atoms with Gasteiger partial charge in [0.1, 0.15) is 11.9 Å². The molecule has 5 nitrogen and oxygen atoms in total. The Morgan fingerprint density at radius 1 is 1.47 bits per heavy atom. The summed E-state index contributed by atoms with van der Waals surface area (Å²) >= 11 is 0. The van der Waals surface area contributed by atoms with Crippen LogP contribution in [0, 0.1) is 0 Å². The second-order valence-corrected chi connectivity index (χ2v) is 3.95. The summed E-state index contributed by atoms with van der Waals surface area (Å²) in [6, 6.07) is 7.05. The molecular formula is C12H13NO4. The molecule has 17 heavy (non-hydrogen) atoms. The Bertz CT molecular complexity index is 497. The largest absolute Gasteiger partial charge is 0.510 e. The number of rotatable bonds is 2. The van der Waals surface area contributed by atoms with Crippen LogP contribution in [0.3, 0.4) is 0 Å². The predicted molar refractivity (Wildman–Crippen MR) is 61.4 cm³/mol. The monoisotopic (exact) mass is 235 g/mol. The van der Waals surface area contributed by atoms with E-state index in [-0.39, 0.29) is 0 Å². The molecule has 0 aromatic heterocycles. The van der Waals surface area contributed by atoms with E-state index in [0.717, 1.165) is 0 Å². The zero-order chi connectivity index (χ0) is 12.6. The number of methoxy groups -OCH3 is 1. The summed E-state index contributed by atoms with van der Waals surface area (Å²) in [5, 5.41) is 19.0. The summed E-state index contributed by atoms with van der Waals surface area (Å²) in [4.78, 5) is 11.3. The molecule has 90 valence electrons. The molecule has 5 heteroatoms. The lowest BCUT2D eigenvalue weighted by Gasteiger charge is -2.36. The molecule has 0 amide bonds. The van der Waals surface area contributed by atoms with Gasteiger partial charge in [-0.15, -0.1) is 0 Å². The fourth-order valence-corrected chi connectivity index (χ4v) is 2.06. The van der Waals surface area contributed by atoms with Gasteiger partial charge in [0.15, 0.2) is 0 Å². The van der Waals surface area contributed by atoms with Crippen LogP contribution in [0.15, 0.2) is 30.0 Å². The van der Waals surface area contributed by atoms with Crippen molar-refractivity contribution in [2.24, 2.45) is 5.73 Å². The lowest BCUT2D eigenvalue weighted by Crippen LogP contribution is -2.56. The molecule has 1 aliphatic rings. The summed E-state index contributed by atoms with van der Waals surface area (Å²) < 4.78 is 5.16. The lowest BCUT2D eigenvalue weighted by molar-refractivity contribution is -0.148. The van der Waals surface area contributed by atoms with E-state index in [1.165, 1.54) is 13.2 Å². The number of hydrogen-bond acceptors (Lipinski definition) is 4. The molecule has 0 aliphatic heterocycles. The van der Waals surface area contributed by atoms with Crippen molar-refractivity contribution in [3.05, 3.63) is 41.2 Å². The van der Waals surface area contributed by atoms with E-state index in [1.54, 1.807) is 24.3 Å². The van der Waals surface area contributed by atoms with Gasteiger partial charge in [-0.25, -0.2) is 4.79 Å². The minimum Gasteiger partial charge on any atom is -0.510 e. The Labute approximate surface area is 98.1 Å². The van der Waals surface area contributed by atoms with Crippen molar-refractivity contribution in [2.75, 3.05) is 7.11 Å². The van der Waals surface area contributed by atoms with Crippen molar-refractivity contribution in [1.29, 1.82) is 0 Å². The van der Waals surface area contributed by atoms with Gasteiger partial charge in [-0.3, -0.25) is 0 Å². The van der Waals surface area contributed by atoms with Crippen molar-refractivity contribution < 1.29 is 19.7 Å². The Morgan fingerprint density at radius 3 is 2.71 bits per heavy atom. The van der Waals surface area contributed by atoms with E-state index in [2.05, 4.69) is 0 Å². The average molecular weight is 235 g/mol. The van der Waals surface area contributed by atoms with E-state index in [1.807, 2.05) is 0 Å². The van der Waals surface area contributed by atoms with Crippen LogP contribution in [0.1, 0.15) is 17.2 Å². The highest BCUT2D eigenvalue weighted by molar-refractivity contribution is 5.87.